The number of carbonyl (C=O) groups is 2. The third kappa shape index (κ3) is 6.49. The maximum absolute atomic E-state index is 13.5. The van der Waals surface area contributed by atoms with Crippen molar-refractivity contribution in [3.05, 3.63) is 108 Å². The number of nitrogens with one attached hydrogen (secondary N) is 2. The lowest BCUT2D eigenvalue weighted by Crippen LogP contribution is -2.50. The van der Waals surface area contributed by atoms with Gasteiger partial charge in [-0.3, -0.25) is 4.79 Å². The van der Waals surface area contributed by atoms with Crippen LogP contribution in [0.25, 0.3) is 0 Å². The molecule has 3 amide bonds. The van der Waals surface area contributed by atoms with Gasteiger partial charge in [-0.25, -0.2) is 4.79 Å². The number of nitriles is 1. The molecule has 2 atom stereocenters. The molecule has 0 saturated carbocycles. The molecule has 2 N–H and O–H groups in total. The predicted octanol–water partition coefficient (Wildman–Crippen LogP) is 5.96. The Morgan fingerprint density at radius 1 is 0.949 bits per heavy atom. The van der Waals surface area contributed by atoms with E-state index in [1.165, 1.54) is 0 Å². The minimum atomic E-state index is -0.605. The molecule has 0 bridgehead atoms. The summed E-state index contributed by atoms with van der Waals surface area (Å²) in [7, 11) is 0. The predicted molar refractivity (Wildman–Crippen MR) is 154 cm³/mol. The van der Waals surface area contributed by atoms with Gasteiger partial charge in [0.15, 0.2) is 0 Å². The van der Waals surface area contributed by atoms with Gasteiger partial charge in [-0.05, 0) is 48.3 Å². The van der Waals surface area contributed by atoms with E-state index < -0.39 is 11.5 Å². The summed E-state index contributed by atoms with van der Waals surface area (Å²) in [6, 6.07) is 31.2. The molecule has 1 aliphatic heterocycles. The molecule has 39 heavy (non-hydrogen) atoms. The molecule has 0 aromatic heterocycles. The first-order chi connectivity index (χ1) is 19.0. The second-order valence-electron chi connectivity index (χ2n) is 10.6. The van der Waals surface area contributed by atoms with Crippen molar-refractivity contribution in [1.29, 1.82) is 5.26 Å². The maximum Gasteiger partial charge on any atom is 0.318 e. The Kier molecular flexibility index (Phi) is 9.38. The van der Waals surface area contributed by atoms with Crippen molar-refractivity contribution in [3.8, 4) is 6.07 Å². The molecule has 3 aromatic carbocycles. The summed E-state index contributed by atoms with van der Waals surface area (Å²) < 4.78 is 0. The van der Waals surface area contributed by atoms with Gasteiger partial charge in [-0.1, -0.05) is 105 Å². The first-order valence-electron chi connectivity index (χ1n) is 13.9. The van der Waals surface area contributed by atoms with Gasteiger partial charge in [0.1, 0.15) is 6.04 Å². The summed E-state index contributed by atoms with van der Waals surface area (Å²) in [5, 5.41) is 16.3. The van der Waals surface area contributed by atoms with Crippen molar-refractivity contribution >= 4 is 11.9 Å². The number of carbonyl (C=O) groups excluding carboxylic acids is 2. The fraction of sp³-hybridized carbons (Fsp3) is 0.364. The Hall–Kier alpha value is -4.11. The Morgan fingerprint density at radius 2 is 1.51 bits per heavy atom. The van der Waals surface area contributed by atoms with Crippen LogP contribution in [0.1, 0.15) is 62.3 Å². The topological polar surface area (TPSA) is 85.2 Å². The van der Waals surface area contributed by atoms with Crippen molar-refractivity contribution in [2.24, 2.45) is 5.92 Å². The highest BCUT2D eigenvalue weighted by molar-refractivity contribution is 5.88. The number of nitrogens with zero attached hydrogens (tertiary/aromatic N) is 2. The summed E-state index contributed by atoms with van der Waals surface area (Å²) in [6.07, 6.45) is 2.73. The Balaban J connectivity index is 1.37. The SMILES string of the molecule is CC(C)C(C#N)(CCCNC(=O)N1CCC[C@H]1C(=O)NC(c1ccccc1)c1ccccc1)c1ccccc1. The average Bonchev–Trinajstić information content (AvgIpc) is 3.48. The fourth-order valence-electron chi connectivity index (χ4n) is 5.59. The molecular weight excluding hydrogens is 484 g/mol. The minimum absolute atomic E-state index is 0.134. The van der Waals surface area contributed by atoms with Gasteiger partial charge in [-0.2, -0.15) is 5.26 Å². The highest BCUT2D eigenvalue weighted by Gasteiger charge is 2.37. The van der Waals surface area contributed by atoms with Crippen LogP contribution in [0.5, 0.6) is 0 Å². The second-order valence-corrected chi connectivity index (χ2v) is 10.6. The molecule has 0 spiro atoms. The molecule has 3 aromatic rings. The molecule has 1 unspecified atom stereocenters. The second kappa shape index (κ2) is 13.1. The molecule has 0 aliphatic carbocycles. The van der Waals surface area contributed by atoms with Crippen LogP contribution in [0, 0.1) is 17.2 Å². The van der Waals surface area contributed by atoms with Gasteiger partial charge in [0, 0.05) is 13.1 Å². The normalized spacial score (nSPS) is 16.5. The van der Waals surface area contributed by atoms with Crippen molar-refractivity contribution in [1.82, 2.24) is 15.5 Å². The number of amides is 3. The zero-order valence-corrected chi connectivity index (χ0v) is 22.8. The minimum Gasteiger partial charge on any atom is -0.343 e. The largest absolute Gasteiger partial charge is 0.343 e. The van der Waals surface area contributed by atoms with Gasteiger partial charge in [-0.15, -0.1) is 0 Å². The lowest BCUT2D eigenvalue weighted by Gasteiger charge is -2.31. The monoisotopic (exact) mass is 522 g/mol. The number of hydrogen-bond acceptors (Lipinski definition) is 3. The van der Waals surface area contributed by atoms with Gasteiger partial charge >= 0.3 is 6.03 Å². The van der Waals surface area contributed by atoms with Gasteiger partial charge in [0.05, 0.1) is 17.5 Å². The number of hydrogen-bond donors (Lipinski definition) is 2. The first-order valence-corrected chi connectivity index (χ1v) is 13.9. The van der Waals surface area contributed by atoms with E-state index >= 15 is 0 Å². The number of benzene rings is 3. The summed E-state index contributed by atoms with van der Waals surface area (Å²) in [5.74, 6) is -0.0119. The van der Waals surface area contributed by atoms with Crippen molar-refractivity contribution in [2.75, 3.05) is 13.1 Å². The molecule has 6 nitrogen and oxygen atoms in total. The highest BCUT2D eigenvalue weighted by atomic mass is 16.2. The van der Waals surface area contributed by atoms with Crippen LogP contribution in [0.15, 0.2) is 91.0 Å². The van der Waals surface area contributed by atoms with E-state index in [0.29, 0.717) is 32.4 Å². The summed E-state index contributed by atoms with van der Waals surface area (Å²) in [4.78, 5) is 28.3. The smallest absolute Gasteiger partial charge is 0.318 e. The Morgan fingerprint density at radius 3 is 2.05 bits per heavy atom. The zero-order chi connectivity index (χ0) is 27.7. The van der Waals surface area contributed by atoms with Crippen LogP contribution in [-0.4, -0.2) is 36.0 Å². The molecule has 6 heteroatoms. The quantitative estimate of drug-likeness (QED) is 0.322. The van der Waals surface area contributed by atoms with Crippen LogP contribution in [0.3, 0.4) is 0 Å². The lowest BCUT2D eigenvalue weighted by molar-refractivity contribution is -0.125. The summed E-state index contributed by atoms with van der Waals surface area (Å²) >= 11 is 0. The maximum atomic E-state index is 13.5. The Bertz CT molecular complexity index is 1220. The van der Waals surface area contributed by atoms with E-state index in [4.69, 9.17) is 0 Å². The molecule has 4 rings (SSSR count). The summed E-state index contributed by atoms with van der Waals surface area (Å²) in [5.41, 5.74) is 2.40. The highest BCUT2D eigenvalue weighted by Crippen LogP contribution is 2.36. The van der Waals surface area contributed by atoms with E-state index in [0.717, 1.165) is 23.1 Å². The van der Waals surface area contributed by atoms with Crippen LogP contribution >= 0.6 is 0 Å². The van der Waals surface area contributed by atoms with E-state index in [2.05, 4.69) is 30.6 Å². The molecular formula is C33H38N4O2. The molecule has 1 aliphatic rings. The number of rotatable bonds is 10. The van der Waals surface area contributed by atoms with E-state index in [1.54, 1.807) is 4.90 Å². The third-order valence-electron chi connectivity index (χ3n) is 7.87. The molecule has 1 saturated heterocycles. The molecule has 1 fully saturated rings. The zero-order valence-electron chi connectivity index (χ0n) is 22.8. The van der Waals surface area contributed by atoms with E-state index in [9.17, 15) is 14.9 Å². The van der Waals surface area contributed by atoms with Crippen LogP contribution in [0.4, 0.5) is 4.79 Å². The van der Waals surface area contributed by atoms with Gasteiger partial charge < -0.3 is 15.5 Å². The van der Waals surface area contributed by atoms with Gasteiger partial charge in [0.25, 0.3) is 0 Å². The third-order valence-corrected chi connectivity index (χ3v) is 7.87. The van der Waals surface area contributed by atoms with Gasteiger partial charge in [0.2, 0.25) is 5.91 Å². The summed E-state index contributed by atoms with van der Waals surface area (Å²) in [6.45, 7) is 5.13. The van der Waals surface area contributed by atoms with Crippen molar-refractivity contribution in [3.63, 3.8) is 0 Å². The molecule has 0 radical (unpaired) electrons. The van der Waals surface area contributed by atoms with E-state index in [-0.39, 0.29) is 23.9 Å². The molecule has 202 valence electrons. The van der Waals surface area contributed by atoms with Crippen molar-refractivity contribution < 1.29 is 9.59 Å². The number of urea groups is 1. The number of likely N-dealkylation sites (tertiary alicyclic amines) is 1. The van der Waals surface area contributed by atoms with Crippen LogP contribution in [0.2, 0.25) is 0 Å². The van der Waals surface area contributed by atoms with Crippen LogP contribution in [-0.2, 0) is 10.2 Å². The standard InChI is InChI=1S/C33H38N4O2/c1-25(2)33(24-34,28-18-10-5-11-19-28)21-13-22-35-32(39)37-23-12-20-29(37)31(38)36-30(26-14-6-3-7-15-26)27-16-8-4-9-17-27/h3-11,14-19,25,29-30H,12-13,20-23H2,1-2H3,(H,35,39)(H,36,38)/t29-,33?/m0/s1. The van der Waals surface area contributed by atoms with Crippen LogP contribution < -0.4 is 10.6 Å². The molecule has 1 heterocycles. The lowest BCUT2D eigenvalue weighted by atomic mass is 9.70. The first kappa shape index (κ1) is 27.9. The Labute approximate surface area is 232 Å². The van der Waals surface area contributed by atoms with E-state index in [1.807, 2.05) is 91.0 Å². The average molecular weight is 523 g/mol. The van der Waals surface area contributed by atoms with Crippen molar-refractivity contribution in [2.45, 2.75) is 57.0 Å². The fourth-order valence-corrected chi connectivity index (χ4v) is 5.59.